The molecule has 0 spiro atoms. The van der Waals surface area contributed by atoms with Crippen LogP contribution in [0.4, 0.5) is 10.1 Å². The summed E-state index contributed by atoms with van der Waals surface area (Å²) in [7, 11) is 0. The summed E-state index contributed by atoms with van der Waals surface area (Å²) < 4.78 is 15.8. The second-order valence-electron chi connectivity index (χ2n) is 5.05. The second kappa shape index (κ2) is 5.96. The van der Waals surface area contributed by atoms with Gasteiger partial charge in [0.25, 0.3) is 5.91 Å². The summed E-state index contributed by atoms with van der Waals surface area (Å²) >= 11 is 3.32. The zero-order chi connectivity index (χ0) is 16.6. The van der Waals surface area contributed by atoms with E-state index in [2.05, 4.69) is 21.2 Å². The number of nitrogens with zero attached hydrogens (tertiary/aromatic N) is 1. The van der Waals surface area contributed by atoms with Gasteiger partial charge in [0, 0.05) is 28.7 Å². The normalized spacial score (nSPS) is 10.7. The van der Waals surface area contributed by atoms with E-state index in [4.69, 9.17) is 0 Å². The van der Waals surface area contributed by atoms with Crippen molar-refractivity contribution in [3.05, 3.63) is 64.5 Å². The first-order chi connectivity index (χ1) is 11.0. The minimum Gasteiger partial charge on any atom is -0.322 e. The van der Waals surface area contributed by atoms with E-state index in [1.165, 1.54) is 35.9 Å². The molecule has 1 N–H and O–H groups in total. The average Bonchev–Trinajstić information content (AvgIpc) is 2.88. The van der Waals surface area contributed by atoms with Crippen molar-refractivity contribution in [2.24, 2.45) is 0 Å². The number of benzene rings is 2. The number of anilines is 1. The van der Waals surface area contributed by atoms with Crippen LogP contribution in [0.5, 0.6) is 0 Å². The summed E-state index contributed by atoms with van der Waals surface area (Å²) in [5, 5.41) is 3.14. The zero-order valence-corrected chi connectivity index (χ0v) is 13.7. The number of halogens is 2. The Bertz CT molecular complexity index is 916. The number of aromatic nitrogens is 1. The van der Waals surface area contributed by atoms with Gasteiger partial charge in [-0.25, -0.2) is 4.39 Å². The van der Waals surface area contributed by atoms with Gasteiger partial charge >= 0.3 is 0 Å². The van der Waals surface area contributed by atoms with Crippen LogP contribution in [-0.4, -0.2) is 16.4 Å². The lowest BCUT2D eigenvalue weighted by molar-refractivity contribution is 0.0941. The third-order valence-electron chi connectivity index (χ3n) is 3.45. The maximum Gasteiger partial charge on any atom is 0.257 e. The quantitative estimate of drug-likeness (QED) is 0.719. The van der Waals surface area contributed by atoms with Gasteiger partial charge in [-0.05, 0) is 42.5 Å². The number of fused-ring (bicyclic) bond motifs is 1. The predicted octanol–water partition coefficient (Wildman–Crippen LogP) is 4.46. The number of carbonyl (C=O) groups is 2. The SMILES string of the molecule is CC(=O)n1cc(C(=O)Nc2ccc(Br)cc2)c2cc(F)ccc21. The molecule has 0 aliphatic carbocycles. The maximum absolute atomic E-state index is 13.5. The van der Waals surface area contributed by atoms with Gasteiger partial charge in [-0.15, -0.1) is 0 Å². The molecule has 3 aromatic rings. The number of hydrogen-bond acceptors (Lipinski definition) is 2. The number of nitrogens with one attached hydrogen (secondary N) is 1. The summed E-state index contributed by atoms with van der Waals surface area (Å²) in [6, 6.07) is 11.1. The first-order valence-corrected chi connectivity index (χ1v) is 7.63. The molecule has 0 bridgehead atoms. The Hall–Kier alpha value is -2.47. The summed E-state index contributed by atoms with van der Waals surface area (Å²) in [5.74, 6) is -1.11. The smallest absolute Gasteiger partial charge is 0.257 e. The Morgan fingerprint density at radius 1 is 1.13 bits per heavy atom. The van der Waals surface area contributed by atoms with Gasteiger partial charge in [-0.2, -0.15) is 0 Å². The lowest BCUT2D eigenvalue weighted by Gasteiger charge is -2.04. The molecule has 1 amide bonds. The highest BCUT2D eigenvalue weighted by Crippen LogP contribution is 2.24. The molecule has 0 saturated carbocycles. The molecule has 23 heavy (non-hydrogen) atoms. The van der Waals surface area contributed by atoms with Crippen LogP contribution in [0.25, 0.3) is 10.9 Å². The highest BCUT2D eigenvalue weighted by atomic mass is 79.9. The average molecular weight is 375 g/mol. The van der Waals surface area contributed by atoms with Crippen molar-refractivity contribution in [3.8, 4) is 0 Å². The van der Waals surface area contributed by atoms with Crippen molar-refractivity contribution in [1.82, 2.24) is 4.57 Å². The van der Waals surface area contributed by atoms with E-state index < -0.39 is 11.7 Å². The largest absolute Gasteiger partial charge is 0.322 e. The Morgan fingerprint density at radius 3 is 2.48 bits per heavy atom. The van der Waals surface area contributed by atoms with Crippen LogP contribution in [0, 0.1) is 5.82 Å². The lowest BCUT2D eigenvalue weighted by atomic mass is 10.1. The minimum atomic E-state index is -0.462. The topological polar surface area (TPSA) is 51.1 Å². The van der Waals surface area contributed by atoms with Gasteiger partial charge in [-0.1, -0.05) is 15.9 Å². The highest BCUT2D eigenvalue weighted by Gasteiger charge is 2.17. The molecule has 6 heteroatoms. The number of carbonyl (C=O) groups excluding carboxylic acids is 2. The molecule has 0 aliphatic heterocycles. The van der Waals surface area contributed by atoms with Gasteiger partial charge in [-0.3, -0.25) is 14.2 Å². The fraction of sp³-hybridized carbons (Fsp3) is 0.0588. The van der Waals surface area contributed by atoms with E-state index in [1.54, 1.807) is 24.3 Å². The van der Waals surface area contributed by atoms with Crippen LogP contribution in [0.1, 0.15) is 22.1 Å². The Morgan fingerprint density at radius 2 is 1.83 bits per heavy atom. The first kappa shape index (κ1) is 15.4. The molecule has 0 fully saturated rings. The van der Waals surface area contributed by atoms with Gasteiger partial charge in [0.1, 0.15) is 5.82 Å². The Labute approximate surface area is 140 Å². The van der Waals surface area contributed by atoms with Crippen LogP contribution in [0.15, 0.2) is 53.1 Å². The summed E-state index contributed by atoms with van der Waals surface area (Å²) in [4.78, 5) is 24.2. The van der Waals surface area contributed by atoms with Crippen molar-refractivity contribution < 1.29 is 14.0 Å². The van der Waals surface area contributed by atoms with Gasteiger partial charge in [0.05, 0.1) is 11.1 Å². The molecule has 3 rings (SSSR count). The van der Waals surface area contributed by atoms with Gasteiger partial charge in [0.2, 0.25) is 5.91 Å². The third kappa shape index (κ3) is 3.03. The van der Waals surface area contributed by atoms with E-state index in [0.717, 1.165) is 4.47 Å². The van der Waals surface area contributed by atoms with Gasteiger partial charge < -0.3 is 5.32 Å². The highest BCUT2D eigenvalue weighted by molar-refractivity contribution is 9.10. The predicted molar refractivity (Wildman–Crippen MR) is 90.3 cm³/mol. The molecular weight excluding hydrogens is 363 g/mol. The van der Waals surface area contributed by atoms with Crippen LogP contribution < -0.4 is 5.32 Å². The molecule has 4 nitrogen and oxygen atoms in total. The molecule has 116 valence electrons. The van der Waals surface area contributed by atoms with Crippen LogP contribution in [-0.2, 0) is 0 Å². The summed E-state index contributed by atoms with van der Waals surface area (Å²) in [5.41, 5.74) is 1.36. The van der Waals surface area contributed by atoms with Crippen molar-refractivity contribution in [3.63, 3.8) is 0 Å². The van der Waals surface area contributed by atoms with E-state index in [-0.39, 0.29) is 11.5 Å². The van der Waals surface area contributed by atoms with Gasteiger partial charge in [0.15, 0.2) is 0 Å². The van der Waals surface area contributed by atoms with Crippen molar-refractivity contribution >= 4 is 44.3 Å². The molecule has 2 aromatic carbocycles. The fourth-order valence-electron chi connectivity index (χ4n) is 2.38. The Balaban J connectivity index is 2.04. The number of hydrogen-bond donors (Lipinski definition) is 1. The van der Waals surface area contributed by atoms with Crippen LogP contribution in [0.3, 0.4) is 0 Å². The fourth-order valence-corrected chi connectivity index (χ4v) is 2.64. The zero-order valence-electron chi connectivity index (χ0n) is 12.1. The van der Waals surface area contributed by atoms with E-state index >= 15 is 0 Å². The van der Waals surface area contributed by atoms with E-state index in [1.807, 2.05) is 0 Å². The second-order valence-corrected chi connectivity index (χ2v) is 5.97. The molecule has 0 radical (unpaired) electrons. The van der Waals surface area contributed by atoms with Crippen LogP contribution in [0.2, 0.25) is 0 Å². The van der Waals surface area contributed by atoms with Crippen LogP contribution >= 0.6 is 15.9 Å². The Kier molecular flexibility index (Phi) is 4.00. The minimum absolute atomic E-state index is 0.246. The van der Waals surface area contributed by atoms with Crippen molar-refractivity contribution in [2.45, 2.75) is 6.92 Å². The van der Waals surface area contributed by atoms with E-state index in [0.29, 0.717) is 16.6 Å². The van der Waals surface area contributed by atoms with Crippen molar-refractivity contribution in [1.29, 1.82) is 0 Å². The molecule has 1 heterocycles. The summed E-state index contributed by atoms with van der Waals surface area (Å²) in [6.07, 6.45) is 1.43. The number of amides is 1. The standard InChI is InChI=1S/C17H12BrFN2O2/c1-10(22)21-9-15(14-8-12(19)4-7-16(14)21)17(23)20-13-5-2-11(18)3-6-13/h2-9H,1H3,(H,20,23). The molecule has 0 aliphatic rings. The van der Waals surface area contributed by atoms with Crippen molar-refractivity contribution in [2.75, 3.05) is 5.32 Å². The number of rotatable bonds is 2. The maximum atomic E-state index is 13.5. The molecular formula is C17H12BrFN2O2. The molecule has 0 atom stereocenters. The molecule has 1 aromatic heterocycles. The third-order valence-corrected chi connectivity index (χ3v) is 3.98. The first-order valence-electron chi connectivity index (χ1n) is 6.84. The molecule has 0 unspecified atom stereocenters. The van der Waals surface area contributed by atoms with E-state index in [9.17, 15) is 14.0 Å². The monoisotopic (exact) mass is 374 g/mol. The lowest BCUT2D eigenvalue weighted by Crippen LogP contribution is -2.11. The summed E-state index contributed by atoms with van der Waals surface area (Å²) in [6.45, 7) is 1.39. The molecule has 0 saturated heterocycles.